The van der Waals surface area contributed by atoms with Crippen molar-refractivity contribution in [1.29, 1.82) is 0 Å². The van der Waals surface area contributed by atoms with Crippen LogP contribution in [0.15, 0.2) is 83.3 Å². The molecule has 0 amide bonds. The smallest absolute Gasteiger partial charge is 0.340 e. The average molecular weight is 523 g/mol. The number of esters is 1. The van der Waals surface area contributed by atoms with Crippen LogP contribution in [-0.2, 0) is 11.3 Å². The summed E-state index contributed by atoms with van der Waals surface area (Å²) in [4.78, 5) is 13.5. The molecule has 0 atom stereocenters. The van der Waals surface area contributed by atoms with Gasteiger partial charge in [-0.15, -0.1) is 0 Å². The van der Waals surface area contributed by atoms with E-state index >= 15 is 0 Å². The third kappa shape index (κ3) is 4.92. The first-order valence-electron chi connectivity index (χ1n) is 10.8. The van der Waals surface area contributed by atoms with E-state index < -0.39 is 0 Å². The predicted molar refractivity (Wildman–Crippen MR) is 139 cm³/mol. The highest BCUT2D eigenvalue weighted by molar-refractivity contribution is 9.10. The van der Waals surface area contributed by atoms with E-state index in [1.165, 1.54) is 0 Å². The van der Waals surface area contributed by atoms with Crippen LogP contribution in [0, 0.1) is 6.92 Å². The summed E-state index contributed by atoms with van der Waals surface area (Å²) in [5.41, 5.74) is 6.20. The van der Waals surface area contributed by atoms with Crippen LogP contribution in [-0.4, -0.2) is 10.5 Å². The minimum Gasteiger partial charge on any atom is -0.457 e. The van der Waals surface area contributed by atoms with Gasteiger partial charge in [0, 0.05) is 26.8 Å². The maximum absolute atomic E-state index is 13.5. The molecule has 0 N–H and O–H groups in total. The van der Waals surface area contributed by atoms with Crippen LogP contribution >= 0.6 is 27.5 Å². The van der Waals surface area contributed by atoms with Crippen molar-refractivity contribution in [3.63, 3.8) is 0 Å². The summed E-state index contributed by atoms with van der Waals surface area (Å²) in [6, 6.07) is 25.6. The van der Waals surface area contributed by atoms with E-state index in [-0.39, 0.29) is 18.6 Å². The largest absolute Gasteiger partial charge is 0.457 e. The molecule has 0 unspecified atom stereocenters. The van der Waals surface area contributed by atoms with E-state index in [1.54, 1.807) is 0 Å². The number of aromatic nitrogens is 1. The second-order valence-corrected chi connectivity index (χ2v) is 9.58. The lowest BCUT2D eigenvalue weighted by Gasteiger charge is -2.17. The third-order valence-corrected chi connectivity index (χ3v) is 6.36. The molecule has 0 radical (unpaired) electrons. The zero-order chi connectivity index (χ0) is 23.5. The number of hydrogen-bond donors (Lipinski definition) is 0. The van der Waals surface area contributed by atoms with Gasteiger partial charge in [-0.2, -0.15) is 0 Å². The van der Waals surface area contributed by atoms with Crippen LogP contribution in [0.2, 0.25) is 5.02 Å². The fraction of sp³-hybridized carbons (Fsp3) is 0.179. The molecule has 0 saturated heterocycles. The van der Waals surface area contributed by atoms with Crippen LogP contribution in [0.3, 0.4) is 0 Å². The Morgan fingerprint density at radius 1 is 0.970 bits per heavy atom. The Balaban J connectivity index is 1.92. The van der Waals surface area contributed by atoms with Crippen molar-refractivity contribution in [2.24, 2.45) is 0 Å². The first kappa shape index (κ1) is 23.3. The molecule has 4 aromatic rings. The summed E-state index contributed by atoms with van der Waals surface area (Å²) in [5.74, 6) is -0.332. The number of carbonyl (C=O) groups excluding carboxylic acids is 1. The van der Waals surface area contributed by atoms with Crippen LogP contribution < -0.4 is 0 Å². The van der Waals surface area contributed by atoms with Gasteiger partial charge in [-0.3, -0.25) is 0 Å². The van der Waals surface area contributed by atoms with E-state index in [9.17, 15) is 4.79 Å². The summed E-state index contributed by atoms with van der Waals surface area (Å²) in [6.45, 7) is 6.45. The van der Waals surface area contributed by atoms with Crippen molar-refractivity contribution in [3.05, 3.63) is 105 Å². The van der Waals surface area contributed by atoms with E-state index in [0.29, 0.717) is 10.6 Å². The van der Waals surface area contributed by atoms with Crippen LogP contribution in [0.25, 0.3) is 22.4 Å². The fourth-order valence-corrected chi connectivity index (χ4v) is 4.74. The number of rotatable bonds is 6. The summed E-state index contributed by atoms with van der Waals surface area (Å²) in [5, 5.41) is 0.671. The van der Waals surface area contributed by atoms with Gasteiger partial charge in [-0.25, -0.2) is 4.79 Å². The van der Waals surface area contributed by atoms with Gasteiger partial charge in [-0.05, 0) is 61.7 Å². The first-order valence-corrected chi connectivity index (χ1v) is 12.0. The highest BCUT2D eigenvalue weighted by Crippen LogP contribution is 2.42. The minimum atomic E-state index is -0.332. The third-order valence-electron chi connectivity index (χ3n) is 5.62. The maximum atomic E-state index is 13.5. The number of halogens is 2. The molecule has 5 heteroatoms. The fourth-order valence-electron chi connectivity index (χ4n) is 4.21. The second kappa shape index (κ2) is 9.98. The molecule has 4 rings (SSSR count). The first-order chi connectivity index (χ1) is 15.9. The molecule has 0 aliphatic rings. The zero-order valence-electron chi connectivity index (χ0n) is 18.8. The lowest BCUT2D eigenvalue weighted by Crippen LogP contribution is -2.09. The van der Waals surface area contributed by atoms with Crippen molar-refractivity contribution in [2.75, 3.05) is 0 Å². The van der Waals surface area contributed by atoms with Gasteiger partial charge in [0.1, 0.15) is 6.61 Å². The maximum Gasteiger partial charge on any atom is 0.340 e. The molecule has 0 aliphatic carbocycles. The van der Waals surface area contributed by atoms with Crippen molar-refractivity contribution in [3.8, 4) is 22.4 Å². The minimum absolute atomic E-state index is 0.136. The molecule has 33 heavy (non-hydrogen) atoms. The number of ether oxygens (including phenoxy) is 1. The number of benzene rings is 3. The van der Waals surface area contributed by atoms with E-state index in [2.05, 4.69) is 34.3 Å². The molecule has 168 valence electrons. The molecule has 0 bridgehead atoms. The second-order valence-electron chi connectivity index (χ2n) is 8.23. The molecule has 1 aromatic heterocycles. The van der Waals surface area contributed by atoms with Gasteiger partial charge in [-0.1, -0.05) is 82.1 Å². The Morgan fingerprint density at radius 3 is 2.30 bits per heavy atom. The lowest BCUT2D eigenvalue weighted by atomic mass is 9.97. The van der Waals surface area contributed by atoms with Gasteiger partial charge in [0.2, 0.25) is 0 Å². The van der Waals surface area contributed by atoms with Crippen molar-refractivity contribution in [1.82, 2.24) is 4.57 Å². The monoisotopic (exact) mass is 521 g/mol. The standard InChI is InChI=1S/C28H25BrClNO2/c1-18(2)31-19(3)25(28(32)33-17-20-8-5-4-6-9-20)26(22-10-7-11-23(29)16-22)27(31)21-12-14-24(30)15-13-21/h4-16,18H,17H2,1-3H3. The molecular weight excluding hydrogens is 498 g/mol. The predicted octanol–water partition coefficient (Wildman–Crippen LogP) is 8.48. The Kier molecular flexibility index (Phi) is 7.06. The van der Waals surface area contributed by atoms with E-state index in [0.717, 1.165) is 38.1 Å². The van der Waals surface area contributed by atoms with E-state index in [1.807, 2.05) is 85.8 Å². The van der Waals surface area contributed by atoms with Gasteiger partial charge in [0.05, 0.1) is 11.3 Å². The number of nitrogens with zero attached hydrogens (tertiary/aromatic N) is 1. The van der Waals surface area contributed by atoms with Crippen LogP contribution in [0.4, 0.5) is 0 Å². The molecule has 3 aromatic carbocycles. The van der Waals surface area contributed by atoms with Crippen LogP contribution in [0.5, 0.6) is 0 Å². The van der Waals surface area contributed by atoms with Gasteiger partial charge >= 0.3 is 5.97 Å². The highest BCUT2D eigenvalue weighted by atomic mass is 79.9. The topological polar surface area (TPSA) is 31.2 Å². The molecule has 0 spiro atoms. The van der Waals surface area contributed by atoms with Crippen molar-refractivity contribution >= 4 is 33.5 Å². The molecule has 0 saturated carbocycles. The summed E-state index contributed by atoms with van der Waals surface area (Å²) in [6.07, 6.45) is 0. The summed E-state index contributed by atoms with van der Waals surface area (Å²) in [7, 11) is 0. The average Bonchev–Trinajstić information content (AvgIpc) is 3.12. The Labute approximate surface area is 208 Å². The normalized spacial score (nSPS) is 11.1. The van der Waals surface area contributed by atoms with Gasteiger partial charge in [0.15, 0.2) is 0 Å². The zero-order valence-corrected chi connectivity index (χ0v) is 21.2. The Bertz CT molecular complexity index is 1280. The molecule has 1 heterocycles. The summed E-state index contributed by atoms with van der Waals surface area (Å²) < 4.78 is 8.96. The van der Waals surface area contributed by atoms with Crippen molar-refractivity contribution < 1.29 is 9.53 Å². The van der Waals surface area contributed by atoms with Crippen molar-refractivity contribution in [2.45, 2.75) is 33.4 Å². The molecular formula is C28H25BrClNO2. The number of carbonyl (C=O) groups is 1. The quantitative estimate of drug-likeness (QED) is 0.238. The lowest BCUT2D eigenvalue weighted by molar-refractivity contribution is 0.0472. The SMILES string of the molecule is Cc1c(C(=O)OCc2ccccc2)c(-c2cccc(Br)c2)c(-c2ccc(Cl)cc2)n1C(C)C. The van der Waals surface area contributed by atoms with E-state index in [4.69, 9.17) is 16.3 Å². The number of hydrogen-bond acceptors (Lipinski definition) is 2. The van der Waals surface area contributed by atoms with Gasteiger partial charge < -0.3 is 9.30 Å². The Morgan fingerprint density at radius 2 is 1.67 bits per heavy atom. The van der Waals surface area contributed by atoms with Crippen LogP contribution in [0.1, 0.15) is 41.5 Å². The molecule has 3 nitrogen and oxygen atoms in total. The Hall–Kier alpha value is -2.82. The molecule has 0 fully saturated rings. The molecule has 0 aliphatic heterocycles. The summed E-state index contributed by atoms with van der Waals surface area (Å²) >= 11 is 9.76. The van der Waals surface area contributed by atoms with Gasteiger partial charge in [0.25, 0.3) is 0 Å². The highest BCUT2D eigenvalue weighted by Gasteiger charge is 2.29.